The highest BCUT2D eigenvalue weighted by molar-refractivity contribution is 9.10. The van der Waals surface area contributed by atoms with Crippen LogP contribution in [0.1, 0.15) is 64.3 Å². The van der Waals surface area contributed by atoms with E-state index in [9.17, 15) is 8.78 Å². The van der Waals surface area contributed by atoms with Crippen LogP contribution in [-0.2, 0) is 6.42 Å². The second kappa shape index (κ2) is 15.2. The van der Waals surface area contributed by atoms with Crippen LogP contribution in [0, 0.1) is 36.3 Å². The molecule has 0 amide bonds. The third-order valence-electron chi connectivity index (χ3n) is 8.52. The maximum absolute atomic E-state index is 13.7. The maximum Gasteiger partial charge on any atom is 0.321 e. The molecule has 1 unspecified atom stereocenters. The first kappa shape index (κ1) is 36.0. The maximum atomic E-state index is 13.7. The summed E-state index contributed by atoms with van der Waals surface area (Å²) in [5, 5.41) is 17.5. The average molecular weight is 796 g/mol. The molecule has 0 radical (unpaired) electrons. The van der Waals surface area contributed by atoms with Gasteiger partial charge >= 0.3 is 18.0 Å². The third-order valence-corrected chi connectivity index (χ3v) is 9.29. The molecule has 1 aliphatic carbocycles. The van der Waals surface area contributed by atoms with Crippen LogP contribution < -0.4 is 14.4 Å². The Bertz CT molecular complexity index is 1900. The number of hydrogen-bond acceptors (Lipinski definition) is 10. The molecule has 2 aliphatic rings. The molecule has 7 rings (SSSR count). The first-order chi connectivity index (χ1) is 23.8. The summed E-state index contributed by atoms with van der Waals surface area (Å²) >= 11 is 14.9. The molecule has 12 nitrogen and oxygen atoms in total. The van der Waals surface area contributed by atoms with Gasteiger partial charge in [-0.2, -0.15) is 15.1 Å². The van der Waals surface area contributed by atoms with E-state index in [0.29, 0.717) is 46.2 Å². The molecule has 2 aromatic carbocycles. The fraction of sp³-hybridized carbons (Fsp3) is 0.455. The molecular weight excluding hydrogens is 759 g/mol. The van der Waals surface area contributed by atoms with Crippen LogP contribution in [0.2, 0.25) is 10.0 Å². The Morgan fingerprint density at radius 2 is 1.36 bits per heavy atom. The van der Waals surface area contributed by atoms with Gasteiger partial charge in [0, 0.05) is 48.6 Å². The summed E-state index contributed by atoms with van der Waals surface area (Å²) in [6, 6.07) is 9.42. The highest BCUT2D eigenvalue weighted by Crippen LogP contribution is 2.44. The van der Waals surface area contributed by atoms with Crippen molar-refractivity contribution in [1.29, 1.82) is 0 Å². The minimum atomic E-state index is -0.466. The Morgan fingerprint density at radius 3 is 1.86 bits per heavy atom. The van der Waals surface area contributed by atoms with E-state index >= 15 is 0 Å². The van der Waals surface area contributed by atoms with Crippen molar-refractivity contribution in [1.82, 2.24) is 39.7 Å². The quantitative estimate of drug-likeness (QED) is 0.143. The molecule has 1 saturated carbocycles. The van der Waals surface area contributed by atoms with Crippen LogP contribution in [0.25, 0.3) is 0 Å². The summed E-state index contributed by atoms with van der Waals surface area (Å²) in [6.07, 6.45) is 3.13. The molecule has 2 fully saturated rings. The second-order valence-electron chi connectivity index (χ2n) is 12.9. The normalized spacial score (nSPS) is 18.5. The predicted molar refractivity (Wildman–Crippen MR) is 186 cm³/mol. The van der Waals surface area contributed by atoms with Gasteiger partial charge < -0.3 is 18.8 Å². The van der Waals surface area contributed by atoms with Gasteiger partial charge in [0.15, 0.2) is 5.82 Å². The summed E-state index contributed by atoms with van der Waals surface area (Å²) < 4.78 is 47.7. The lowest BCUT2D eigenvalue weighted by molar-refractivity contribution is 0.257. The number of ether oxygens (including phenoxy) is 2. The number of aromatic nitrogens is 8. The number of nitrogens with zero attached hydrogens (tertiary/aromatic N) is 9. The van der Waals surface area contributed by atoms with Gasteiger partial charge in [-0.15, -0.1) is 10.2 Å². The fourth-order valence-electron chi connectivity index (χ4n) is 6.37. The van der Waals surface area contributed by atoms with Crippen molar-refractivity contribution in [2.24, 2.45) is 17.8 Å². The van der Waals surface area contributed by atoms with E-state index in [4.69, 9.17) is 42.2 Å². The van der Waals surface area contributed by atoms with E-state index < -0.39 is 11.6 Å². The monoisotopic (exact) mass is 793 g/mol. The Labute approximate surface area is 306 Å². The Hall–Kier alpha value is -3.82. The second-order valence-corrected chi connectivity index (χ2v) is 14.5. The van der Waals surface area contributed by atoms with Gasteiger partial charge in [0.1, 0.15) is 23.1 Å². The summed E-state index contributed by atoms with van der Waals surface area (Å²) in [5.41, 5.74) is 0. The summed E-state index contributed by atoms with van der Waals surface area (Å²) in [6.45, 7) is 11.5. The number of rotatable bonds is 9. The van der Waals surface area contributed by atoms with Crippen LogP contribution in [0.4, 0.5) is 14.8 Å². The predicted octanol–water partition coefficient (Wildman–Crippen LogP) is 9.05. The van der Waals surface area contributed by atoms with Crippen molar-refractivity contribution in [3.05, 3.63) is 74.5 Å². The molecule has 4 heterocycles. The number of anilines is 1. The number of hydrogen-bond donors (Lipinski definition) is 0. The van der Waals surface area contributed by atoms with Crippen LogP contribution in [-0.4, -0.2) is 52.8 Å². The van der Waals surface area contributed by atoms with Crippen LogP contribution >= 0.6 is 39.1 Å². The molecule has 3 aromatic heterocycles. The van der Waals surface area contributed by atoms with Gasteiger partial charge in [-0.3, -0.25) is 0 Å². The molecule has 1 saturated heterocycles. The highest BCUT2D eigenvalue weighted by atomic mass is 79.9. The van der Waals surface area contributed by atoms with Crippen LogP contribution in [0.3, 0.4) is 0 Å². The van der Waals surface area contributed by atoms with Crippen LogP contribution in [0.15, 0.2) is 45.5 Å². The smallest absolute Gasteiger partial charge is 0.321 e. The first-order valence-corrected chi connectivity index (χ1v) is 17.8. The summed E-state index contributed by atoms with van der Waals surface area (Å²) in [5.74, 6) is 2.55. The fourth-order valence-corrected chi connectivity index (χ4v) is 7.11. The molecular formula is C33H36BrCl2F2N9O3. The number of piperidine rings is 1. The Morgan fingerprint density at radius 1 is 0.820 bits per heavy atom. The van der Waals surface area contributed by atoms with E-state index in [0.717, 1.165) is 25.3 Å². The molecule has 3 atom stereocenters. The number of benzene rings is 2. The molecule has 17 heteroatoms. The lowest BCUT2D eigenvalue weighted by Crippen LogP contribution is -2.43. The van der Waals surface area contributed by atoms with Crippen molar-refractivity contribution in [2.45, 2.75) is 66.0 Å². The first-order valence-electron chi connectivity index (χ1n) is 16.2. The van der Waals surface area contributed by atoms with Gasteiger partial charge in [0.05, 0.1) is 12.1 Å². The summed E-state index contributed by atoms with van der Waals surface area (Å²) in [7, 11) is 0. The SMILES string of the molecule is CC(C)n1nc(Br)nc1Oc1cc(F)cc(Cl)c1.Cc1nnc(N2C[C@H]3CC[C@@H](C2)C3Cc2nc(Oc3cc(F)cc(Cl)c3)n(C(C)C)n2)o1. The van der Waals surface area contributed by atoms with E-state index in [1.54, 1.807) is 15.4 Å². The van der Waals surface area contributed by atoms with Gasteiger partial charge in [0.2, 0.25) is 10.6 Å². The van der Waals surface area contributed by atoms with Gasteiger partial charge in [-0.1, -0.05) is 28.3 Å². The molecule has 0 N–H and O–H groups in total. The third kappa shape index (κ3) is 8.55. The van der Waals surface area contributed by atoms with Gasteiger partial charge in [-0.05, 0) is 98.5 Å². The molecule has 0 spiro atoms. The van der Waals surface area contributed by atoms with Crippen molar-refractivity contribution >= 4 is 45.1 Å². The largest absolute Gasteiger partial charge is 0.424 e. The zero-order chi connectivity index (χ0) is 35.7. The van der Waals surface area contributed by atoms with E-state index in [-0.39, 0.29) is 33.9 Å². The highest BCUT2D eigenvalue weighted by Gasteiger charge is 2.43. The molecule has 266 valence electrons. The standard InChI is InChI=1S/C22H26ClFN6O2.C11H10BrClFN3O/c1-12(2)30-21(32-18-7-16(23)6-17(24)8-18)25-20(28-30)9-19-14-4-5-15(19)11-29(10-14)22-27-26-13(3)31-22;1-6(2)17-11(15-10(12)16-17)18-9-4-7(13)3-8(14)5-9/h6-8,12,14-15,19H,4-5,9-11H2,1-3H3;3-6H,1-2H3/t14-,15+,19?;. The lowest BCUT2D eigenvalue weighted by Gasteiger charge is -2.36. The zero-order valence-corrected chi connectivity index (χ0v) is 31.1. The van der Waals surface area contributed by atoms with Gasteiger partial charge in [0.25, 0.3) is 0 Å². The zero-order valence-electron chi connectivity index (χ0n) is 28.0. The molecule has 2 bridgehead atoms. The van der Waals surface area contributed by atoms with Crippen molar-refractivity contribution < 1.29 is 22.7 Å². The van der Waals surface area contributed by atoms with Crippen molar-refractivity contribution in [2.75, 3.05) is 18.0 Å². The lowest BCUT2D eigenvalue weighted by atomic mass is 9.82. The number of aryl methyl sites for hydroxylation is 1. The molecule has 5 aromatic rings. The van der Waals surface area contributed by atoms with Gasteiger partial charge in [-0.25, -0.2) is 18.1 Å². The Balaban J connectivity index is 0.000000204. The summed E-state index contributed by atoms with van der Waals surface area (Å²) in [4.78, 5) is 10.9. The van der Waals surface area contributed by atoms with E-state index in [2.05, 4.69) is 46.1 Å². The average Bonchev–Trinajstić information content (AvgIpc) is 3.78. The van der Waals surface area contributed by atoms with Crippen LogP contribution in [0.5, 0.6) is 23.5 Å². The Kier molecular flexibility index (Phi) is 10.9. The van der Waals surface area contributed by atoms with Crippen molar-refractivity contribution in [3.63, 3.8) is 0 Å². The molecule has 50 heavy (non-hydrogen) atoms. The minimum absolute atomic E-state index is 0.0506. The number of fused-ring (bicyclic) bond motifs is 2. The molecule has 1 aliphatic heterocycles. The minimum Gasteiger partial charge on any atom is -0.424 e. The topological polar surface area (TPSA) is 122 Å². The van der Waals surface area contributed by atoms with Crippen molar-refractivity contribution in [3.8, 4) is 23.5 Å². The number of halogens is 5. The van der Waals surface area contributed by atoms with E-state index in [1.165, 1.54) is 43.2 Å². The van der Waals surface area contributed by atoms with E-state index in [1.807, 2.05) is 34.6 Å².